The molecule has 0 aliphatic heterocycles. The van der Waals surface area contributed by atoms with Gasteiger partial charge in [0.25, 0.3) is 0 Å². The Morgan fingerprint density at radius 3 is 2.96 bits per heavy atom. The second kappa shape index (κ2) is 7.20. The SMILES string of the molecule is C[C@@H]1CCc2cc(C#N)ccc2[C@H]1Nc1ccc(N)c(C(=N)c2cnco2)c1.[HH].[HH]. The number of hydrogen-bond donors (Lipinski definition) is 3. The molecular formula is C22H25N5O. The molecule has 6 heteroatoms. The molecule has 2 aromatic carbocycles. The van der Waals surface area contributed by atoms with E-state index in [1.165, 1.54) is 23.7 Å². The average molecular weight is 375 g/mol. The zero-order valence-corrected chi connectivity index (χ0v) is 15.6. The molecule has 0 saturated heterocycles. The summed E-state index contributed by atoms with van der Waals surface area (Å²) in [7, 11) is 0. The number of rotatable bonds is 4. The molecule has 1 aliphatic rings. The smallest absolute Gasteiger partial charge is 0.181 e. The van der Waals surface area contributed by atoms with Crippen LogP contribution in [0.5, 0.6) is 0 Å². The fraction of sp³-hybridized carbons (Fsp3) is 0.227. The van der Waals surface area contributed by atoms with E-state index in [-0.39, 0.29) is 14.6 Å². The minimum atomic E-state index is 0. The fourth-order valence-corrected chi connectivity index (χ4v) is 3.79. The van der Waals surface area contributed by atoms with Crippen LogP contribution in [0, 0.1) is 22.7 Å². The fourth-order valence-electron chi connectivity index (χ4n) is 3.79. The Hall–Kier alpha value is -3.59. The number of nitrogen functional groups attached to an aromatic ring is 1. The third kappa shape index (κ3) is 3.23. The molecule has 0 saturated carbocycles. The van der Waals surface area contributed by atoms with E-state index in [2.05, 4.69) is 29.4 Å². The molecule has 0 unspecified atom stereocenters. The second-order valence-corrected chi connectivity index (χ2v) is 7.21. The van der Waals surface area contributed by atoms with Crippen molar-refractivity contribution in [2.24, 2.45) is 5.92 Å². The van der Waals surface area contributed by atoms with Crippen molar-refractivity contribution in [1.29, 1.82) is 10.7 Å². The minimum Gasteiger partial charge on any atom is -0.442 e. The number of hydrogen-bond acceptors (Lipinski definition) is 6. The van der Waals surface area contributed by atoms with Gasteiger partial charge >= 0.3 is 0 Å². The molecule has 1 aliphatic carbocycles. The number of nitrogens with two attached hydrogens (primary N) is 1. The molecule has 144 valence electrons. The molecule has 2 atom stereocenters. The van der Waals surface area contributed by atoms with E-state index >= 15 is 0 Å². The van der Waals surface area contributed by atoms with E-state index in [4.69, 9.17) is 20.8 Å². The number of aryl methyl sites for hydroxylation is 1. The molecule has 0 spiro atoms. The first-order valence-corrected chi connectivity index (χ1v) is 9.23. The van der Waals surface area contributed by atoms with Crippen molar-refractivity contribution >= 4 is 17.1 Å². The Kier molecular flexibility index (Phi) is 4.58. The third-order valence-corrected chi connectivity index (χ3v) is 5.37. The maximum atomic E-state index is 9.17. The Balaban J connectivity index is 0.00000160. The van der Waals surface area contributed by atoms with Crippen molar-refractivity contribution in [2.45, 2.75) is 25.8 Å². The summed E-state index contributed by atoms with van der Waals surface area (Å²) in [5.41, 5.74) is 11.5. The number of oxazole rings is 1. The van der Waals surface area contributed by atoms with E-state index < -0.39 is 0 Å². The Morgan fingerprint density at radius 2 is 2.21 bits per heavy atom. The van der Waals surface area contributed by atoms with Gasteiger partial charge in [0.05, 0.1) is 23.9 Å². The van der Waals surface area contributed by atoms with Crippen LogP contribution in [0.3, 0.4) is 0 Å². The van der Waals surface area contributed by atoms with Crippen molar-refractivity contribution in [1.82, 2.24) is 4.98 Å². The maximum Gasteiger partial charge on any atom is 0.181 e. The second-order valence-electron chi connectivity index (χ2n) is 7.21. The molecule has 1 heterocycles. The van der Waals surface area contributed by atoms with Crippen LogP contribution >= 0.6 is 0 Å². The topological polar surface area (TPSA) is 112 Å². The predicted octanol–water partition coefficient (Wildman–Crippen LogP) is 4.77. The quantitative estimate of drug-likeness (QED) is 0.449. The van der Waals surface area contributed by atoms with Crippen LogP contribution in [0.1, 0.15) is 50.3 Å². The lowest BCUT2D eigenvalue weighted by atomic mass is 9.80. The summed E-state index contributed by atoms with van der Waals surface area (Å²) in [4.78, 5) is 3.88. The number of anilines is 2. The summed E-state index contributed by atoms with van der Waals surface area (Å²) in [6.45, 7) is 2.23. The normalized spacial score (nSPS) is 18.1. The number of fused-ring (bicyclic) bond motifs is 1. The van der Waals surface area contributed by atoms with Gasteiger partial charge in [0.2, 0.25) is 0 Å². The maximum absolute atomic E-state index is 9.17. The van der Waals surface area contributed by atoms with Crippen LogP contribution in [-0.4, -0.2) is 10.7 Å². The van der Waals surface area contributed by atoms with E-state index in [0.29, 0.717) is 28.5 Å². The van der Waals surface area contributed by atoms with Gasteiger partial charge < -0.3 is 15.5 Å². The van der Waals surface area contributed by atoms with Crippen LogP contribution < -0.4 is 11.1 Å². The molecule has 0 bridgehead atoms. The van der Waals surface area contributed by atoms with Crippen molar-refractivity contribution in [2.75, 3.05) is 11.1 Å². The van der Waals surface area contributed by atoms with E-state index in [1.54, 1.807) is 6.07 Å². The van der Waals surface area contributed by atoms with Crippen molar-refractivity contribution in [3.63, 3.8) is 0 Å². The summed E-state index contributed by atoms with van der Waals surface area (Å²) in [6.07, 6.45) is 4.84. The third-order valence-electron chi connectivity index (χ3n) is 5.37. The van der Waals surface area contributed by atoms with Gasteiger partial charge in [-0.25, -0.2) is 4.98 Å². The highest BCUT2D eigenvalue weighted by Gasteiger charge is 2.27. The summed E-state index contributed by atoms with van der Waals surface area (Å²) in [5.74, 6) is 0.819. The Bertz CT molecular complexity index is 1080. The van der Waals surface area contributed by atoms with Crippen molar-refractivity contribution in [3.05, 3.63) is 77.0 Å². The molecule has 6 nitrogen and oxygen atoms in total. The monoisotopic (exact) mass is 375 g/mol. The molecule has 0 fully saturated rings. The van der Waals surface area contributed by atoms with E-state index in [9.17, 15) is 0 Å². The number of aromatic nitrogens is 1. The summed E-state index contributed by atoms with van der Waals surface area (Å²) >= 11 is 0. The highest BCUT2D eigenvalue weighted by atomic mass is 16.3. The highest BCUT2D eigenvalue weighted by Crippen LogP contribution is 2.37. The zero-order valence-electron chi connectivity index (χ0n) is 15.6. The first kappa shape index (κ1) is 17.8. The van der Waals surface area contributed by atoms with Crippen LogP contribution in [0.25, 0.3) is 0 Å². The Labute approximate surface area is 166 Å². The van der Waals surface area contributed by atoms with Gasteiger partial charge in [0, 0.05) is 19.8 Å². The largest absolute Gasteiger partial charge is 0.442 e. The molecule has 4 N–H and O–H groups in total. The average Bonchev–Trinajstić information content (AvgIpc) is 3.25. The number of nitrogens with one attached hydrogen (secondary N) is 2. The molecule has 0 radical (unpaired) electrons. The molecule has 1 aromatic heterocycles. The van der Waals surface area contributed by atoms with Gasteiger partial charge in [-0.3, -0.25) is 5.41 Å². The van der Waals surface area contributed by atoms with Crippen molar-refractivity contribution in [3.8, 4) is 6.07 Å². The first-order chi connectivity index (χ1) is 13.6. The number of nitrogens with zero attached hydrogens (tertiary/aromatic N) is 2. The molecule has 4 rings (SSSR count). The summed E-state index contributed by atoms with van der Waals surface area (Å²) in [5, 5.41) is 21.2. The lowest BCUT2D eigenvalue weighted by Crippen LogP contribution is -2.25. The molecule has 28 heavy (non-hydrogen) atoms. The summed E-state index contributed by atoms with van der Waals surface area (Å²) in [6, 6.07) is 13.9. The molecule has 0 amide bonds. The summed E-state index contributed by atoms with van der Waals surface area (Å²) < 4.78 is 5.24. The minimum absolute atomic E-state index is 0. The zero-order chi connectivity index (χ0) is 19.7. The van der Waals surface area contributed by atoms with Gasteiger partial charge in [-0.2, -0.15) is 5.26 Å². The van der Waals surface area contributed by atoms with Gasteiger partial charge in [0.15, 0.2) is 12.2 Å². The lowest BCUT2D eigenvalue weighted by molar-refractivity contribution is 0.434. The predicted molar refractivity (Wildman–Crippen MR) is 113 cm³/mol. The van der Waals surface area contributed by atoms with Crippen molar-refractivity contribution < 1.29 is 7.27 Å². The van der Waals surface area contributed by atoms with Gasteiger partial charge in [0.1, 0.15) is 5.71 Å². The van der Waals surface area contributed by atoms with E-state index in [0.717, 1.165) is 18.5 Å². The number of benzene rings is 2. The van der Waals surface area contributed by atoms with Crippen LogP contribution in [0.2, 0.25) is 0 Å². The Morgan fingerprint density at radius 1 is 1.36 bits per heavy atom. The lowest BCUT2D eigenvalue weighted by Gasteiger charge is -2.33. The first-order valence-electron chi connectivity index (χ1n) is 9.23. The standard InChI is InChI=1S/C22H21N5O.2H2/c1-13-2-4-15-8-14(10-23)3-6-17(15)22(13)27-16-5-7-19(24)18(9-16)21(25)20-11-26-12-28-20;;/h3,5-9,11-13,22,25,27H,2,4,24H2,1H3;2*1H/t13-,22+;;/m1../s1. The number of nitriles is 1. The van der Waals surface area contributed by atoms with Crippen LogP contribution in [0.4, 0.5) is 11.4 Å². The van der Waals surface area contributed by atoms with Gasteiger partial charge in [-0.05, 0) is 60.2 Å². The van der Waals surface area contributed by atoms with Gasteiger partial charge in [-0.1, -0.05) is 13.0 Å². The van der Waals surface area contributed by atoms with Gasteiger partial charge in [-0.15, -0.1) is 0 Å². The van der Waals surface area contributed by atoms with Crippen LogP contribution in [-0.2, 0) is 6.42 Å². The highest BCUT2D eigenvalue weighted by molar-refractivity contribution is 6.12. The van der Waals surface area contributed by atoms with Crippen LogP contribution in [0.15, 0.2) is 53.4 Å². The molecular weight excluding hydrogens is 350 g/mol. The van der Waals surface area contributed by atoms with E-state index in [1.807, 2.05) is 24.3 Å². The molecule has 3 aromatic rings.